The number of aliphatic hydroxyl groups excluding tert-OH is 1. The Labute approximate surface area is 117 Å². The Morgan fingerprint density at radius 1 is 1.05 bits per heavy atom. The molecule has 0 fully saturated rings. The predicted octanol–water partition coefficient (Wildman–Crippen LogP) is 3.04. The fourth-order valence-corrected chi connectivity index (χ4v) is 1.85. The van der Waals surface area contributed by atoms with Crippen molar-refractivity contribution in [2.45, 2.75) is 13.0 Å². The summed E-state index contributed by atoms with van der Waals surface area (Å²) >= 11 is 5.86. The quantitative estimate of drug-likeness (QED) is 0.826. The van der Waals surface area contributed by atoms with Crippen LogP contribution in [0.1, 0.15) is 11.1 Å². The number of nitrogens with two attached hydrogens (primary N) is 1. The molecule has 2 rings (SSSR count). The summed E-state index contributed by atoms with van der Waals surface area (Å²) in [4.78, 5) is 0. The smallest absolute Gasteiger partial charge is 0.119 e. The van der Waals surface area contributed by atoms with Gasteiger partial charge in [0.15, 0.2) is 0 Å². The van der Waals surface area contributed by atoms with Crippen LogP contribution in [0.3, 0.4) is 0 Å². The average Bonchev–Trinajstić information content (AvgIpc) is 2.42. The molecule has 2 aromatic rings. The Morgan fingerprint density at radius 3 is 2.37 bits per heavy atom. The van der Waals surface area contributed by atoms with E-state index in [2.05, 4.69) is 0 Å². The molecule has 0 heterocycles. The third-order valence-electron chi connectivity index (χ3n) is 2.79. The topological polar surface area (TPSA) is 55.5 Å². The Balaban J connectivity index is 1.96. The van der Waals surface area contributed by atoms with E-state index in [4.69, 9.17) is 27.2 Å². The van der Waals surface area contributed by atoms with Gasteiger partial charge in [0.1, 0.15) is 12.4 Å². The second-order valence-electron chi connectivity index (χ2n) is 4.26. The van der Waals surface area contributed by atoms with Gasteiger partial charge in [0.05, 0.1) is 10.7 Å². The first-order valence-electron chi connectivity index (χ1n) is 6.05. The lowest BCUT2D eigenvalue weighted by molar-refractivity contribution is 0.298. The summed E-state index contributed by atoms with van der Waals surface area (Å²) in [6.45, 7) is 0.602. The molecule has 3 N–H and O–H groups in total. The molecule has 100 valence electrons. The molecule has 4 heteroatoms. The molecule has 0 aliphatic heterocycles. The van der Waals surface area contributed by atoms with Crippen LogP contribution in [0.15, 0.2) is 42.5 Å². The van der Waals surface area contributed by atoms with Gasteiger partial charge in [0.25, 0.3) is 0 Å². The highest BCUT2D eigenvalue weighted by molar-refractivity contribution is 6.33. The zero-order valence-corrected chi connectivity index (χ0v) is 11.2. The molecule has 0 atom stereocenters. The lowest BCUT2D eigenvalue weighted by atomic mass is 10.1. The van der Waals surface area contributed by atoms with E-state index in [-0.39, 0.29) is 6.61 Å². The highest BCUT2D eigenvalue weighted by atomic mass is 35.5. The van der Waals surface area contributed by atoms with Crippen molar-refractivity contribution in [1.29, 1.82) is 0 Å². The van der Waals surface area contributed by atoms with Crippen LogP contribution in [0.2, 0.25) is 5.02 Å². The number of hydrogen-bond donors (Lipinski definition) is 2. The van der Waals surface area contributed by atoms with Crippen LogP contribution < -0.4 is 10.5 Å². The first-order chi connectivity index (χ1) is 9.19. The maximum atomic E-state index is 8.84. The lowest BCUT2D eigenvalue weighted by Gasteiger charge is -2.08. The Hall–Kier alpha value is -1.71. The SMILES string of the molecule is Nc1cc(COc2ccc(CCO)cc2)ccc1Cl. The molecule has 0 bridgehead atoms. The van der Waals surface area contributed by atoms with E-state index in [9.17, 15) is 0 Å². The summed E-state index contributed by atoms with van der Waals surface area (Å²) < 4.78 is 5.66. The zero-order valence-electron chi connectivity index (χ0n) is 10.5. The summed E-state index contributed by atoms with van der Waals surface area (Å²) in [6.07, 6.45) is 0.661. The third-order valence-corrected chi connectivity index (χ3v) is 3.13. The van der Waals surface area contributed by atoms with Crippen molar-refractivity contribution in [2.75, 3.05) is 12.3 Å². The summed E-state index contributed by atoms with van der Waals surface area (Å²) in [5.74, 6) is 0.787. The van der Waals surface area contributed by atoms with Crippen LogP contribution in [0, 0.1) is 0 Å². The zero-order chi connectivity index (χ0) is 13.7. The van der Waals surface area contributed by atoms with Crippen molar-refractivity contribution in [1.82, 2.24) is 0 Å². The highest BCUT2D eigenvalue weighted by Gasteiger charge is 2.00. The van der Waals surface area contributed by atoms with E-state index in [1.807, 2.05) is 36.4 Å². The van der Waals surface area contributed by atoms with Crippen molar-refractivity contribution in [3.8, 4) is 5.75 Å². The molecule has 0 aliphatic carbocycles. The minimum Gasteiger partial charge on any atom is -0.489 e. The van der Waals surface area contributed by atoms with Gasteiger partial charge >= 0.3 is 0 Å². The number of anilines is 1. The Bertz CT molecular complexity index is 540. The van der Waals surface area contributed by atoms with Gasteiger partial charge in [-0.3, -0.25) is 0 Å². The Kier molecular flexibility index (Phi) is 4.66. The maximum absolute atomic E-state index is 8.84. The van der Waals surface area contributed by atoms with Crippen molar-refractivity contribution >= 4 is 17.3 Å². The van der Waals surface area contributed by atoms with Gasteiger partial charge in [-0.15, -0.1) is 0 Å². The number of nitrogen functional groups attached to an aromatic ring is 1. The molecule has 0 radical (unpaired) electrons. The van der Waals surface area contributed by atoms with Crippen LogP contribution in [-0.2, 0) is 13.0 Å². The summed E-state index contributed by atoms with van der Waals surface area (Å²) in [7, 11) is 0. The van der Waals surface area contributed by atoms with Crippen molar-refractivity contribution in [3.63, 3.8) is 0 Å². The number of benzene rings is 2. The van der Waals surface area contributed by atoms with Gasteiger partial charge in [0, 0.05) is 6.61 Å². The minimum absolute atomic E-state index is 0.157. The van der Waals surface area contributed by atoms with Crippen LogP contribution in [-0.4, -0.2) is 11.7 Å². The minimum atomic E-state index is 0.157. The number of ether oxygens (including phenoxy) is 1. The van der Waals surface area contributed by atoms with Crippen molar-refractivity contribution in [3.05, 3.63) is 58.6 Å². The molecule has 0 spiro atoms. The molecule has 0 amide bonds. The molecule has 2 aromatic carbocycles. The normalized spacial score (nSPS) is 10.4. The number of aliphatic hydroxyl groups is 1. The number of halogens is 1. The van der Waals surface area contributed by atoms with Crippen LogP contribution >= 0.6 is 11.6 Å². The van der Waals surface area contributed by atoms with Crippen LogP contribution in [0.5, 0.6) is 5.75 Å². The second kappa shape index (κ2) is 6.45. The standard InChI is InChI=1S/C15H16ClNO2/c16-14-6-3-12(9-15(14)17)10-19-13-4-1-11(2-5-13)7-8-18/h1-6,9,18H,7-8,10,17H2. The van der Waals surface area contributed by atoms with Gasteiger partial charge in [-0.2, -0.15) is 0 Å². The van der Waals surface area contributed by atoms with E-state index in [1.54, 1.807) is 6.07 Å². The van der Waals surface area contributed by atoms with E-state index < -0.39 is 0 Å². The van der Waals surface area contributed by atoms with Gasteiger partial charge in [-0.25, -0.2) is 0 Å². The second-order valence-corrected chi connectivity index (χ2v) is 4.67. The largest absolute Gasteiger partial charge is 0.489 e. The molecular weight excluding hydrogens is 262 g/mol. The molecule has 0 aromatic heterocycles. The number of rotatable bonds is 5. The molecule has 0 saturated carbocycles. The predicted molar refractivity (Wildman–Crippen MR) is 77.4 cm³/mol. The van der Waals surface area contributed by atoms with Crippen LogP contribution in [0.4, 0.5) is 5.69 Å². The van der Waals surface area contributed by atoms with E-state index >= 15 is 0 Å². The fraction of sp³-hybridized carbons (Fsp3) is 0.200. The molecule has 19 heavy (non-hydrogen) atoms. The fourth-order valence-electron chi connectivity index (χ4n) is 1.73. The van der Waals surface area contributed by atoms with Gasteiger partial charge in [-0.1, -0.05) is 29.8 Å². The van der Waals surface area contributed by atoms with Crippen LogP contribution in [0.25, 0.3) is 0 Å². The average molecular weight is 278 g/mol. The maximum Gasteiger partial charge on any atom is 0.119 e. The summed E-state index contributed by atoms with van der Waals surface area (Å²) in [5, 5.41) is 9.39. The number of hydrogen-bond acceptors (Lipinski definition) is 3. The summed E-state index contributed by atoms with van der Waals surface area (Å²) in [5.41, 5.74) is 8.35. The van der Waals surface area contributed by atoms with Gasteiger partial charge in [0.2, 0.25) is 0 Å². The van der Waals surface area contributed by atoms with E-state index in [1.165, 1.54) is 0 Å². The van der Waals surface area contributed by atoms with Crippen molar-refractivity contribution < 1.29 is 9.84 Å². The van der Waals surface area contributed by atoms with E-state index in [0.29, 0.717) is 23.7 Å². The third kappa shape index (κ3) is 3.88. The first kappa shape index (κ1) is 13.7. The first-order valence-corrected chi connectivity index (χ1v) is 6.43. The molecule has 0 aliphatic rings. The molecular formula is C15H16ClNO2. The Morgan fingerprint density at radius 2 is 1.74 bits per heavy atom. The van der Waals surface area contributed by atoms with Gasteiger partial charge < -0.3 is 15.6 Å². The molecule has 0 saturated heterocycles. The summed E-state index contributed by atoms with van der Waals surface area (Å²) in [6, 6.07) is 13.1. The highest BCUT2D eigenvalue weighted by Crippen LogP contribution is 2.21. The van der Waals surface area contributed by atoms with Gasteiger partial charge in [-0.05, 0) is 41.8 Å². The molecule has 0 unspecified atom stereocenters. The monoisotopic (exact) mass is 277 g/mol. The molecule has 3 nitrogen and oxygen atoms in total. The van der Waals surface area contributed by atoms with E-state index in [0.717, 1.165) is 16.9 Å². The van der Waals surface area contributed by atoms with Crippen molar-refractivity contribution in [2.24, 2.45) is 0 Å². The lowest BCUT2D eigenvalue weighted by Crippen LogP contribution is -1.97.